The minimum Gasteiger partial charge on any atom is -0.481 e. The van der Waals surface area contributed by atoms with Gasteiger partial charge in [0.05, 0.1) is 11.8 Å². The van der Waals surface area contributed by atoms with Gasteiger partial charge >= 0.3 is 5.97 Å². The Morgan fingerprint density at radius 1 is 1.14 bits per heavy atom. The molecule has 1 aliphatic rings. The molecule has 0 unspecified atom stereocenters. The third-order valence-electron chi connectivity index (χ3n) is 4.58. The van der Waals surface area contributed by atoms with Crippen LogP contribution in [0.3, 0.4) is 0 Å². The summed E-state index contributed by atoms with van der Waals surface area (Å²) in [5.74, 6) is -2.24. The SMILES string of the molecule is CCc1ccccc1NC(=O)[C@@H]1CC(C)=C(C)C[C@H]1C(=O)O. The van der Waals surface area contributed by atoms with E-state index in [9.17, 15) is 14.7 Å². The van der Waals surface area contributed by atoms with Crippen molar-refractivity contribution in [3.05, 3.63) is 41.0 Å². The zero-order valence-electron chi connectivity index (χ0n) is 13.3. The number of anilines is 1. The lowest BCUT2D eigenvalue weighted by molar-refractivity contribution is -0.146. The summed E-state index contributed by atoms with van der Waals surface area (Å²) in [6.45, 7) is 5.96. The molecule has 2 N–H and O–H groups in total. The lowest BCUT2D eigenvalue weighted by Gasteiger charge is -2.29. The van der Waals surface area contributed by atoms with Crippen LogP contribution >= 0.6 is 0 Å². The monoisotopic (exact) mass is 301 g/mol. The molecule has 0 spiro atoms. The third-order valence-corrected chi connectivity index (χ3v) is 4.58. The number of hydrogen-bond acceptors (Lipinski definition) is 2. The largest absolute Gasteiger partial charge is 0.481 e. The van der Waals surface area contributed by atoms with E-state index in [0.717, 1.165) is 28.8 Å². The fourth-order valence-electron chi connectivity index (χ4n) is 3.00. The maximum absolute atomic E-state index is 12.6. The van der Waals surface area contributed by atoms with Gasteiger partial charge in [0.1, 0.15) is 0 Å². The van der Waals surface area contributed by atoms with Crippen LogP contribution < -0.4 is 5.32 Å². The molecule has 0 aromatic heterocycles. The van der Waals surface area contributed by atoms with E-state index >= 15 is 0 Å². The number of para-hydroxylation sites is 1. The fourth-order valence-corrected chi connectivity index (χ4v) is 3.00. The summed E-state index contributed by atoms with van der Waals surface area (Å²) in [6.07, 6.45) is 1.79. The van der Waals surface area contributed by atoms with Crippen LogP contribution in [0.25, 0.3) is 0 Å². The van der Waals surface area contributed by atoms with Gasteiger partial charge in [-0.15, -0.1) is 0 Å². The molecule has 4 heteroatoms. The molecule has 0 fully saturated rings. The van der Waals surface area contributed by atoms with E-state index in [0.29, 0.717) is 12.8 Å². The molecule has 0 bridgehead atoms. The summed E-state index contributed by atoms with van der Waals surface area (Å²) in [4.78, 5) is 24.1. The van der Waals surface area contributed by atoms with Crippen LogP contribution in [0.5, 0.6) is 0 Å². The van der Waals surface area contributed by atoms with Crippen LogP contribution in [0.2, 0.25) is 0 Å². The highest BCUT2D eigenvalue weighted by atomic mass is 16.4. The molecular weight excluding hydrogens is 278 g/mol. The zero-order chi connectivity index (χ0) is 16.3. The van der Waals surface area contributed by atoms with Crippen molar-refractivity contribution in [2.75, 3.05) is 5.32 Å². The van der Waals surface area contributed by atoms with E-state index in [4.69, 9.17) is 0 Å². The number of nitrogens with one attached hydrogen (secondary N) is 1. The molecule has 1 aliphatic carbocycles. The first-order valence-electron chi connectivity index (χ1n) is 7.70. The Morgan fingerprint density at radius 3 is 2.32 bits per heavy atom. The Labute approximate surface area is 131 Å². The number of benzene rings is 1. The van der Waals surface area contributed by atoms with Crippen LogP contribution in [0, 0.1) is 11.8 Å². The molecule has 0 radical (unpaired) electrons. The Balaban J connectivity index is 2.22. The van der Waals surface area contributed by atoms with Crippen molar-refractivity contribution in [3.8, 4) is 0 Å². The topological polar surface area (TPSA) is 66.4 Å². The second-order valence-electron chi connectivity index (χ2n) is 6.02. The first-order valence-corrected chi connectivity index (χ1v) is 7.70. The van der Waals surface area contributed by atoms with Gasteiger partial charge in [0.2, 0.25) is 5.91 Å². The minimum absolute atomic E-state index is 0.194. The van der Waals surface area contributed by atoms with Crippen molar-refractivity contribution in [2.24, 2.45) is 11.8 Å². The first-order chi connectivity index (χ1) is 10.4. The smallest absolute Gasteiger partial charge is 0.307 e. The molecule has 2 rings (SSSR count). The van der Waals surface area contributed by atoms with Crippen LogP contribution in [-0.4, -0.2) is 17.0 Å². The highest BCUT2D eigenvalue weighted by molar-refractivity contribution is 5.96. The van der Waals surface area contributed by atoms with Crippen LogP contribution in [0.4, 0.5) is 5.69 Å². The number of rotatable bonds is 4. The standard InChI is InChI=1S/C18H23NO3/c1-4-13-7-5-6-8-16(13)19-17(20)14-9-11(2)12(3)10-15(14)18(21)22/h5-8,14-15H,4,9-10H2,1-3H3,(H,19,20)(H,21,22)/t14-,15-/m1/s1. The number of aryl methyl sites for hydroxylation is 1. The Bertz CT molecular complexity index is 619. The minimum atomic E-state index is -0.893. The van der Waals surface area contributed by atoms with E-state index < -0.39 is 17.8 Å². The second kappa shape index (κ2) is 6.77. The number of carboxylic acids is 1. The van der Waals surface area contributed by atoms with Crippen LogP contribution in [0.1, 0.15) is 39.2 Å². The van der Waals surface area contributed by atoms with Gasteiger partial charge in [-0.05, 0) is 44.7 Å². The van der Waals surface area contributed by atoms with Crippen molar-refractivity contribution in [2.45, 2.75) is 40.0 Å². The van der Waals surface area contributed by atoms with E-state index in [-0.39, 0.29) is 5.91 Å². The maximum atomic E-state index is 12.6. The maximum Gasteiger partial charge on any atom is 0.307 e. The summed E-state index contributed by atoms with van der Waals surface area (Å²) >= 11 is 0. The predicted octanol–water partition coefficient (Wildman–Crippen LogP) is 3.63. The lowest BCUT2D eigenvalue weighted by atomic mass is 9.76. The number of carbonyl (C=O) groups is 2. The van der Waals surface area contributed by atoms with Gasteiger partial charge in [0.15, 0.2) is 0 Å². The van der Waals surface area contributed by atoms with Gasteiger partial charge in [-0.3, -0.25) is 9.59 Å². The zero-order valence-corrected chi connectivity index (χ0v) is 13.3. The average molecular weight is 301 g/mol. The number of aliphatic carboxylic acids is 1. The predicted molar refractivity (Wildman–Crippen MR) is 86.7 cm³/mol. The number of hydrogen-bond donors (Lipinski definition) is 2. The summed E-state index contributed by atoms with van der Waals surface area (Å²) in [6, 6.07) is 7.65. The molecule has 0 aliphatic heterocycles. The van der Waals surface area contributed by atoms with Crippen molar-refractivity contribution in [3.63, 3.8) is 0 Å². The normalized spacial score (nSPS) is 21.6. The highest BCUT2D eigenvalue weighted by Crippen LogP contribution is 2.35. The quantitative estimate of drug-likeness (QED) is 0.834. The number of allylic oxidation sites excluding steroid dienone is 2. The van der Waals surface area contributed by atoms with Gasteiger partial charge < -0.3 is 10.4 Å². The summed E-state index contributed by atoms with van der Waals surface area (Å²) < 4.78 is 0. The molecule has 1 aromatic rings. The molecule has 1 amide bonds. The Morgan fingerprint density at radius 2 is 1.73 bits per heavy atom. The van der Waals surface area contributed by atoms with Crippen LogP contribution in [-0.2, 0) is 16.0 Å². The van der Waals surface area contributed by atoms with Gasteiger partial charge in [0.25, 0.3) is 0 Å². The Hall–Kier alpha value is -2.10. The molecule has 22 heavy (non-hydrogen) atoms. The summed E-state index contributed by atoms with van der Waals surface area (Å²) in [7, 11) is 0. The van der Waals surface area contributed by atoms with E-state index in [1.54, 1.807) is 0 Å². The van der Waals surface area contributed by atoms with Gasteiger partial charge in [-0.1, -0.05) is 36.3 Å². The Kier molecular flexibility index (Phi) is 5.01. The molecule has 4 nitrogen and oxygen atoms in total. The summed E-state index contributed by atoms with van der Waals surface area (Å²) in [5.41, 5.74) is 4.05. The van der Waals surface area contributed by atoms with Crippen molar-refractivity contribution in [1.82, 2.24) is 0 Å². The highest BCUT2D eigenvalue weighted by Gasteiger charge is 2.37. The van der Waals surface area contributed by atoms with Gasteiger partial charge in [0, 0.05) is 5.69 Å². The molecule has 0 heterocycles. The molecular formula is C18H23NO3. The molecule has 2 atom stereocenters. The molecule has 0 saturated heterocycles. The lowest BCUT2D eigenvalue weighted by Crippen LogP contribution is -2.36. The summed E-state index contributed by atoms with van der Waals surface area (Å²) in [5, 5.41) is 12.4. The van der Waals surface area contributed by atoms with E-state index in [1.165, 1.54) is 0 Å². The second-order valence-corrected chi connectivity index (χ2v) is 6.02. The fraction of sp³-hybridized carbons (Fsp3) is 0.444. The van der Waals surface area contributed by atoms with E-state index in [2.05, 4.69) is 5.32 Å². The van der Waals surface area contributed by atoms with Crippen molar-refractivity contribution >= 4 is 17.6 Å². The third kappa shape index (κ3) is 3.38. The molecule has 118 valence electrons. The number of carboxylic acid groups (broad SMARTS) is 1. The van der Waals surface area contributed by atoms with Crippen molar-refractivity contribution < 1.29 is 14.7 Å². The van der Waals surface area contributed by atoms with Gasteiger partial charge in [-0.25, -0.2) is 0 Å². The average Bonchev–Trinajstić information content (AvgIpc) is 2.49. The molecule has 1 aromatic carbocycles. The van der Waals surface area contributed by atoms with Crippen molar-refractivity contribution in [1.29, 1.82) is 0 Å². The number of carbonyl (C=O) groups excluding carboxylic acids is 1. The first kappa shape index (κ1) is 16.3. The molecule has 0 saturated carbocycles. The van der Waals surface area contributed by atoms with Gasteiger partial charge in [-0.2, -0.15) is 0 Å². The van der Waals surface area contributed by atoms with E-state index in [1.807, 2.05) is 45.0 Å². The van der Waals surface area contributed by atoms with Crippen LogP contribution in [0.15, 0.2) is 35.4 Å². The number of amides is 1.